The Balaban J connectivity index is 1.47. The monoisotopic (exact) mass is 437 g/mol. The Morgan fingerprint density at radius 1 is 1.23 bits per heavy atom. The molecule has 2 aliphatic rings. The molecule has 0 atom stereocenters. The van der Waals surface area contributed by atoms with Gasteiger partial charge in [0.05, 0.1) is 19.8 Å². The summed E-state index contributed by atoms with van der Waals surface area (Å²) in [5.41, 5.74) is 5.74. The zero-order valence-corrected chi connectivity index (χ0v) is 17.3. The van der Waals surface area contributed by atoms with Crippen molar-refractivity contribution in [3.8, 4) is 5.75 Å². The highest BCUT2D eigenvalue weighted by atomic mass is 19.4. The number of benzene rings is 1. The maximum Gasteiger partial charge on any atom is 0.421 e. The number of hydrogen-bond acceptors (Lipinski definition) is 7. The Morgan fingerprint density at radius 2 is 1.90 bits per heavy atom. The van der Waals surface area contributed by atoms with Crippen molar-refractivity contribution in [1.82, 2.24) is 9.97 Å². The largest absolute Gasteiger partial charge is 0.493 e. The molecule has 3 N–H and O–H groups in total. The molecule has 7 nitrogen and oxygen atoms in total. The van der Waals surface area contributed by atoms with Gasteiger partial charge in [0.1, 0.15) is 17.1 Å². The number of hydrogen-bond donors (Lipinski definition) is 2. The molecule has 2 aromatic rings. The lowest BCUT2D eigenvalue weighted by Crippen LogP contribution is -2.44. The fourth-order valence-electron chi connectivity index (χ4n) is 3.54. The Kier molecular flexibility index (Phi) is 5.94. The first-order chi connectivity index (χ1) is 14.7. The average molecular weight is 437 g/mol. The molecule has 10 heteroatoms. The van der Waals surface area contributed by atoms with Gasteiger partial charge in [0.15, 0.2) is 0 Å². The van der Waals surface area contributed by atoms with Crippen LogP contribution >= 0.6 is 0 Å². The number of anilines is 3. The smallest absolute Gasteiger partial charge is 0.421 e. The van der Waals surface area contributed by atoms with E-state index in [0.717, 1.165) is 6.20 Å². The number of nitrogens with zero attached hydrogens (tertiary/aromatic N) is 3. The van der Waals surface area contributed by atoms with E-state index in [1.807, 2.05) is 0 Å². The minimum Gasteiger partial charge on any atom is -0.493 e. The first-order valence-corrected chi connectivity index (χ1v) is 10.2. The van der Waals surface area contributed by atoms with Gasteiger partial charge in [-0.2, -0.15) is 18.2 Å². The van der Waals surface area contributed by atoms with Crippen molar-refractivity contribution in [2.75, 3.05) is 43.1 Å². The van der Waals surface area contributed by atoms with Crippen molar-refractivity contribution in [2.24, 2.45) is 11.1 Å². The number of rotatable bonds is 6. The molecule has 1 aromatic carbocycles. The number of ether oxygens (including phenoxy) is 2. The Labute approximate surface area is 178 Å². The predicted octanol–water partition coefficient (Wildman–Crippen LogP) is 3.58. The summed E-state index contributed by atoms with van der Waals surface area (Å²) in [6, 6.07) is 7.14. The first-order valence-electron chi connectivity index (χ1n) is 10.2. The highest BCUT2D eigenvalue weighted by Crippen LogP contribution is 2.36. The van der Waals surface area contributed by atoms with E-state index in [4.69, 9.17) is 15.2 Å². The number of halogens is 3. The average Bonchev–Trinajstić information content (AvgIpc) is 2.71. The number of nitrogens with two attached hydrogens (primary N) is 1. The molecule has 2 saturated heterocycles. The molecule has 168 valence electrons. The summed E-state index contributed by atoms with van der Waals surface area (Å²) in [6.07, 6.45) is -2.46. The normalized spacial score (nSPS) is 19.1. The first kappa shape index (κ1) is 21.6. The lowest BCUT2D eigenvalue weighted by Gasteiger charge is -2.37. The molecular formula is C21H26F3N5O2. The van der Waals surface area contributed by atoms with Crippen LogP contribution in [0.5, 0.6) is 5.75 Å². The molecule has 0 bridgehead atoms. The molecule has 0 unspecified atom stereocenters. The maximum atomic E-state index is 13.5. The predicted molar refractivity (Wildman–Crippen MR) is 111 cm³/mol. The van der Waals surface area contributed by atoms with Crippen LogP contribution in [0.1, 0.15) is 25.3 Å². The van der Waals surface area contributed by atoms with E-state index in [0.29, 0.717) is 57.2 Å². The van der Waals surface area contributed by atoms with E-state index in [9.17, 15) is 13.2 Å². The Bertz CT molecular complexity index is 895. The molecular weight excluding hydrogens is 411 g/mol. The van der Waals surface area contributed by atoms with Crippen molar-refractivity contribution < 1.29 is 22.6 Å². The molecule has 4 rings (SSSR count). The van der Waals surface area contributed by atoms with Crippen molar-refractivity contribution in [2.45, 2.75) is 32.0 Å². The van der Waals surface area contributed by atoms with Crippen LogP contribution in [0, 0.1) is 5.41 Å². The van der Waals surface area contributed by atoms with Crippen LogP contribution in [-0.2, 0) is 10.9 Å². The minimum absolute atomic E-state index is 0.00478. The summed E-state index contributed by atoms with van der Waals surface area (Å²) in [5.74, 6) is 0.691. The second-order valence-corrected chi connectivity index (χ2v) is 8.49. The number of alkyl halides is 3. The van der Waals surface area contributed by atoms with Crippen LogP contribution in [0.15, 0.2) is 30.5 Å². The number of aromatic nitrogens is 2. The lowest BCUT2D eigenvalue weighted by atomic mass is 9.90. The summed E-state index contributed by atoms with van der Waals surface area (Å²) in [6.45, 7) is 4.88. The highest BCUT2D eigenvalue weighted by Gasteiger charge is 2.37. The third kappa shape index (κ3) is 5.19. The van der Waals surface area contributed by atoms with Gasteiger partial charge in [-0.15, -0.1) is 0 Å². The van der Waals surface area contributed by atoms with Crippen molar-refractivity contribution >= 4 is 17.5 Å². The second-order valence-electron chi connectivity index (χ2n) is 8.49. The summed E-state index contributed by atoms with van der Waals surface area (Å²) >= 11 is 0. The third-order valence-electron chi connectivity index (χ3n) is 5.51. The van der Waals surface area contributed by atoms with Crippen LogP contribution in [0.25, 0.3) is 0 Å². The molecule has 0 saturated carbocycles. The Morgan fingerprint density at radius 3 is 2.48 bits per heavy atom. The van der Waals surface area contributed by atoms with E-state index in [1.165, 1.54) is 0 Å². The van der Waals surface area contributed by atoms with Crippen LogP contribution in [0.4, 0.5) is 30.6 Å². The molecule has 2 aliphatic heterocycles. The Hall–Kier alpha value is -2.59. The maximum absolute atomic E-state index is 13.5. The molecule has 1 aromatic heterocycles. The fraction of sp³-hybridized carbons (Fsp3) is 0.524. The topological polar surface area (TPSA) is 85.5 Å². The van der Waals surface area contributed by atoms with Crippen molar-refractivity contribution in [3.05, 3.63) is 36.0 Å². The number of nitrogens with one attached hydrogen (secondary N) is 1. The molecule has 31 heavy (non-hydrogen) atoms. The van der Waals surface area contributed by atoms with Crippen molar-refractivity contribution in [1.29, 1.82) is 0 Å². The van der Waals surface area contributed by atoms with Gasteiger partial charge in [-0.1, -0.05) is 6.92 Å². The third-order valence-corrected chi connectivity index (χ3v) is 5.51. The van der Waals surface area contributed by atoms with Gasteiger partial charge in [-0.3, -0.25) is 0 Å². The number of piperidine rings is 1. The van der Waals surface area contributed by atoms with Crippen LogP contribution in [0.3, 0.4) is 0 Å². The molecule has 0 amide bonds. The van der Waals surface area contributed by atoms with E-state index in [-0.39, 0.29) is 23.2 Å². The van der Waals surface area contributed by atoms with Gasteiger partial charge >= 0.3 is 6.18 Å². The second kappa shape index (κ2) is 8.51. The zero-order valence-electron chi connectivity index (χ0n) is 17.3. The lowest BCUT2D eigenvalue weighted by molar-refractivity contribution is -0.137. The van der Waals surface area contributed by atoms with Gasteiger partial charge in [0.25, 0.3) is 0 Å². The zero-order chi connectivity index (χ0) is 22.1. The highest BCUT2D eigenvalue weighted by molar-refractivity contribution is 5.58. The fourth-order valence-corrected chi connectivity index (χ4v) is 3.54. The van der Waals surface area contributed by atoms with Gasteiger partial charge in [0.2, 0.25) is 5.95 Å². The van der Waals surface area contributed by atoms with Gasteiger partial charge in [-0.05, 0) is 37.1 Å². The standard InChI is InChI=1S/C21H26F3N5O2/c1-20(11-30-12-20)13-31-16-4-2-15(3-5-16)27-19-26-10-17(21(22,23)24)18(28-19)29-8-6-14(25)7-9-29/h2-5,10,14H,6-9,11-13,25H2,1H3,(H,26,27,28). The van der Waals surface area contributed by atoms with E-state index < -0.39 is 11.7 Å². The summed E-state index contributed by atoms with van der Waals surface area (Å²) in [7, 11) is 0. The van der Waals surface area contributed by atoms with Crippen molar-refractivity contribution in [3.63, 3.8) is 0 Å². The van der Waals surface area contributed by atoms with E-state index in [1.54, 1.807) is 29.2 Å². The van der Waals surface area contributed by atoms with E-state index >= 15 is 0 Å². The summed E-state index contributed by atoms with van der Waals surface area (Å²) in [4.78, 5) is 9.70. The molecule has 0 aliphatic carbocycles. The minimum atomic E-state index is -4.53. The van der Waals surface area contributed by atoms with Gasteiger partial charge in [-0.25, -0.2) is 4.98 Å². The van der Waals surface area contributed by atoms with Crippen LogP contribution < -0.4 is 20.7 Å². The molecule has 2 fully saturated rings. The molecule has 0 spiro atoms. The van der Waals surface area contributed by atoms with Crippen LogP contribution in [0.2, 0.25) is 0 Å². The molecule has 3 heterocycles. The SMILES string of the molecule is CC1(COc2ccc(Nc3ncc(C(F)(F)F)c(N4CCC(N)CC4)n3)cc2)COC1. The summed E-state index contributed by atoms with van der Waals surface area (Å²) < 4.78 is 51.5. The summed E-state index contributed by atoms with van der Waals surface area (Å²) in [5, 5.41) is 2.98. The van der Waals surface area contributed by atoms with E-state index in [2.05, 4.69) is 22.2 Å². The van der Waals surface area contributed by atoms with Crippen LogP contribution in [-0.4, -0.2) is 48.9 Å². The van der Waals surface area contributed by atoms with Gasteiger partial charge < -0.3 is 25.4 Å². The molecule has 0 radical (unpaired) electrons. The quantitative estimate of drug-likeness (QED) is 0.714. The van der Waals surface area contributed by atoms with Gasteiger partial charge in [0, 0.05) is 36.4 Å².